The largest absolute Gasteiger partial charge is 0.290 e. The fraction of sp³-hybridized carbons (Fsp3) is 0.700. The molecule has 0 spiro atoms. The van der Waals surface area contributed by atoms with Crippen LogP contribution >= 0.6 is 0 Å². The second-order valence-electron chi connectivity index (χ2n) is 8.06. The Morgan fingerprint density at radius 3 is 2.27 bits per heavy atom. The molecule has 0 bridgehead atoms. The van der Waals surface area contributed by atoms with Crippen molar-refractivity contribution in [3.05, 3.63) is 22.8 Å². The Kier molecular flexibility index (Phi) is 3.91. The van der Waals surface area contributed by atoms with Gasteiger partial charge in [-0.15, -0.1) is 0 Å². The highest BCUT2D eigenvalue weighted by molar-refractivity contribution is 6.40. The molecule has 2 heteroatoms. The molecule has 0 heterocycles. The summed E-state index contributed by atoms with van der Waals surface area (Å²) < 4.78 is 0. The normalized spacial score (nSPS) is 41.3. The van der Waals surface area contributed by atoms with Gasteiger partial charge in [-0.05, 0) is 56.8 Å². The topological polar surface area (TPSA) is 34.1 Å². The van der Waals surface area contributed by atoms with E-state index in [2.05, 4.69) is 33.8 Å². The fourth-order valence-electron chi connectivity index (χ4n) is 5.23. The Bertz CT molecular complexity index is 577. The third-order valence-electron chi connectivity index (χ3n) is 6.20. The van der Waals surface area contributed by atoms with Crippen LogP contribution < -0.4 is 0 Å². The molecule has 0 amide bonds. The minimum Gasteiger partial charge on any atom is -0.290 e. The van der Waals surface area contributed by atoms with E-state index in [0.29, 0.717) is 23.7 Å². The quantitative estimate of drug-likeness (QED) is 0.533. The van der Waals surface area contributed by atoms with Crippen LogP contribution in [0.25, 0.3) is 0 Å². The van der Waals surface area contributed by atoms with Gasteiger partial charge in [-0.25, -0.2) is 0 Å². The molecule has 3 aliphatic rings. The van der Waals surface area contributed by atoms with E-state index in [1.807, 2.05) is 6.92 Å². The lowest BCUT2D eigenvalue weighted by molar-refractivity contribution is -0.142. The van der Waals surface area contributed by atoms with E-state index in [9.17, 15) is 9.59 Å². The lowest BCUT2D eigenvalue weighted by Gasteiger charge is -2.49. The molecule has 0 N–H and O–H groups in total. The van der Waals surface area contributed by atoms with Crippen LogP contribution in [0.4, 0.5) is 0 Å². The van der Waals surface area contributed by atoms with Crippen molar-refractivity contribution in [3.8, 4) is 0 Å². The molecule has 0 saturated heterocycles. The van der Waals surface area contributed by atoms with E-state index in [4.69, 9.17) is 0 Å². The first-order chi connectivity index (χ1) is 10.3. The van der Waals surface area contributed by atoms with Crippen LogP contribution in [0.5, 0.6) is 0 Å². The maximum absolute atomic E-state index is 12.6. The second kappa shape index (κ2) is 5.47. The van der Waals surface area contributed by atoms with Crippen LogP contribution in [0, 0.1) is 35.5 Å². The molecule has 1 fully saturated rings. The van der Waals surface area contributed by atoms with Crippen LogP contribution in [-0.4, -0.2) is 11.6 Å². The van der Waals surface area contributed by atoms with E-state index in [0.717, 1.165) is 12.8 Å². The Morgan fingerprint density at radius 2 is 1.64 bits per heavy atom. The Hall–Kier alpha value is -1.18. The number of Topliss-reactive ketones (excluding diaryl/α,β-unsaturated/α-hetero) is 2. The first-order valence-electron chi connectivity index (χ1n) is 8.79. The molecule has 0 aliphatic heterocycles. The van der Waals surface area contributed by atoms with Crippen molar-refractivity contribution in [2.75, 3.05) is 0 Å². The number of hydrogen-bond donors (Lipinski definition) is 0. The van der Waals surface area contributed by atoms with Crippen LogP contribution in [0.2, 0.25) is 0 Å². The second-order valence-corrected chi connectivity index (χ2v) is 8.06. The predicted molar refractivity (Wildman–Crippen MR) is 88.3 cm³/mol. The number of hydrogen-bond acceptors (Lipinski definition) is 2. The zero-order valence-electron chi connectivity index (χ0n) is 14.5. The molecule has 3 rings (SSSR count). The minimum atomic E-state index is -0.209. The van der Waals surface area contributed by atoms with E-state index < -0.39 is 0 Å². The molecule has 1 saturated carbocycles. The van der Waals surface area contributed by atoms with Gasteiger partial charge >= 0.3 is 0 Å². The van der Waals surface area contributed by atoms with Gasteiger partial charge in [0.05, 0.1) is 0 Å². The van der Waals surface area contributed by atoms with Crippen molar-refractivity contribution < 1.29 is 9.59 Å². The van der Waals surface area contributed by atoms with Crippen LogP contribution in [-0.2, 0) is 9.59 Å². The maximum Gasteiger partial charge on any atom is 0.206 e. The summed E-state index contributed by atoms with van der Waals surface area (Å²) in [5.41, 5.74) is 3.99. The molecule has 2 unspecified atom stereocenters. The van der Waals surface area contributed by atoms with Crippen molar-refractivity contribution in [1.82, 2.24) is 0 Å². The van der Waals surface area contributed by atoms with Gasteiger partial charge in [-0.1, -0.05) is 43.6 Å². The van der Waals surface area contributed by atoms with Gasteiger partial charge < -0.3 is 0 Å². The van der Waals surface area contributed by atoms with E-state index in [1.165, 1.54) is 23.1 Å². The summed E-state index contributed by atoms with van der Waals surface area (Å²) in [5, 5.41) is 0. The van der Waals surface area contributed by atoms with Gasteiger partial charge in [0.1, 0.15) is 0 Å². The molecule has 6 atom stereocenters. The molecule has 120 valence electrons. The molecular weight excluding hydrogens is 272 g/mol. The zero-order valence-corrected chi connectivity index (χ0v) is 14.5. The van der Waals surface area contributed by atoms with Crippen LogP contribution in [0.1, 0.15) is 53.9 Å². The standard InChI is InChI=1S/C20H28O2/c1-10(2)8-14-9-12(4)15-7-6-11(3)16-18(15)17(14)13(5)19(21)20(16)22/h8,11-16H,6-7,9H2,1-5H3/t11-,12-,13?,14+,15+,16?/m1/s1. The smallest absolute Gasteiger partial charge is 0.206 e. The van der Waals surface area contributed by atoms with Crippen LogP contribution in [0.3, 0.4) is 0 Å². The molecule has 2 nitrogen and oxygen atoms in total. The lowest BCUT2D eigenvalue weighted by atomic mass is 9.54. The zero-order chi connectivity index (χ0) is 16.2. The van der Waals surface area contributed by atoms with Crippen LogP contribution in [0.15, 0.2) is 22.8 Å². The van der Waals surface area contributed by atoms with E-state index in [-0.39, 0.29) is 23.4 Å². The summed E-state index contributed by atoms with van der Waals surface area (Å²) in [6.07, 6.45) is 5.72. The van der Waals surface area contributed by atoms with Gasteiger partial charge in [0.15, 0.2) is 0 Å². The summed E-state index contributed by atoms with van der Waals surface area (Å²) in [6.45, 7) is 10.7. The Balaban J connectivity index is 2.20. The maximum atomic E-state index is 12.6. The highest BCUT2D eigenvalue weighted by Crippen LogP contribution is 2.54. The molecule has 3 aliphatic carbocycles. The molecule has 0 radical (unpaired) electrons. The Labute approximate surface area is 134 Å². The third-order valence-corrected chi connectivity index (χ3v) is 6.20. The van der Waals surface area contributed by atoms with Crippen molar-refractivity contribution >= 4 is 11.6 Å². The van der Waals surface area contributed by atoms with Gasteiger partial charge in [0, 0.05) is 11.8 Å². The van der Waals surface area contributed by atoms with Gasteiger partial charge in [-0.2, -0.15) is 0 Å². The number of carbonyl (C=O) groups is 2. The van der Waals surface area contributed by atoms with Crippen molar-refractivity contribution in [3.63, 3.8) is 0 Å². The molecule has 0 aromatic heterocycles. The lowest BCUT2D eigenvalue weighted by Crippen LogP contribution is -2.48. The highest BCUT2D eigenvalue weighted by atomic mass is 16.2. The summed E-state index contributed by atoms with van der Waals surface area (Å²) in [6, 6.07) is 0. The molecule has 22 heavy (non-hydrogen) atoms. The van der Waals surface area contributed by atoms with E-state index in [1.54, 1.807) is 0 Å². The highest BCUT2D eigenvalue weighted by Gasteiger charge is 2.51. The predicted octanol–water partition coefficient (Wildman–Crippen LogP) is 4.36. The monoisotopic (exact) mass is 300 g/mol. The fourth-order valence-corrected chi connectivity index (χ4v) is 5.23. The van der Waals surface area contributed by atoms with E-state index >= 15 is 0 Å². The molecular formula is C20H28O2. The van der Waals surface area contributed by atoms with Crippen molar-refractivity contribution in [2.45, 2.75) is 53.9 Å². The van der Waals surface area contributed by atoms with Gasteiger partial charge in [0.25, 0.3) is 0 Å². The third kappa shape index (κ3) is 2.23. The minimum absolute atomic E-state index is 0.103. The number of rotatable bonds is 1. The molecule has 0 aromatic carbocycles. The van der Waals surface area contributed by atoms with Gasteiger partial charge in [-0.3, -0.25) is 9.59 Å². The average Bonchev–Trinajstić information content (AvgIpc) is 2.43. The van der Waals surface area contributed by atoms with Crippen molar-refractivity contribution in [2.24, 2.45) is 35.5 Å². The SMILES string of the molecule is CC(C)=C[C@H]1C[C@@H](C)[C@@H]2CC[C@@H](C)C3C(=O)C(=O)C(C)C1=C32. The summed E-state index contributed by atoms with van der Waals surface area (Å²) >= 11 is 0. The number of carbonyl (C=O) groups excluding carboxylic acids is 2. The molecule has 0 aromatic rings. The van der Waals surface area contributed by atoms with Crippen molar-refractivity contribution in [1.29, 1.82) is 0 Å². The first kappa shape index (κ1) is 15.7. The summed E-state index contributed by atoms with van der Waals surface area (Å²) in [5.74, 6) is 1.24. The van der Waals surface area contributed by atoms with Gasteiger partial charge in [0.2, 0.25) is 11.6 Å². The average molecular weight is 300 g/mol. The summed E-state index contributed by atoms with van der Waals surface area (Å²) in [7, 11) is 0. The summed E-state index contributed by atoms with van der Waals surface area (Å²) in [4.78, 5) is 25.2. The number of allylic oxidation sites excluding steroid dienone is 4. The first-order valence-corrected chi connectivity index (χ1v) is 8.79. The number of ketones is 2. The Morgan fingerprint density at radius 1 is 0.955 bits per heavy atom.